The minimum Gasteiger partial charge on any atom is -0.396 e. The highest BCUT2D eigenvalue weighted by molar-refractivity contribution is 5.96. The molecule has 1 aromatic heterocycles. The van der Waals surface area contributed by atoms with Gasteiger partial charge in [-0.25, -0.2) is 0 Å². The Morgan fingerprint density at radius 1 is 1.30 bits per heavy atom. The van der Waals surface area contributed by atoms with Crippen molar-refractivity contribution in [1.29, 1.82) is 0 Å². The summed E-state index contributed by atoms with van der Waals surface area (Å²) in [7, 11) is 0. The summed E-state index contributed by atoms with van der Waals surface area (Å²) in [5.41, 5.74) is 8.29. The lowest BCUT2D eigenvalue weighted by Crippen LogP contribution is -2.26. The van der Waals surface area contributed by atoms with Gasteiger partial charge in [0.1, 0.15) is 0 Å². The van der Waals surface area contributed by atoms with Crippen molar-refractivity contribution in [3.63, 3.8) is 0 Å². The molecule has 1 aromatic carbocycles. The predicted molar refractivity (Wildman–Crippen MR) is 82.6 cm³/mol. The van der Waals surface area contributed by atoms with Crippen LogP contribution in [-0.4, -0.2) is 24.0 Å². The molecule has 0 aliphatic heterocycles. The molecule has 1 amide bonds. The van der Waals surface area contributed by atoms with Gasteiger partial charge >= 0.3 is 0 Å². The molecule has 0 bridgehead atoms. The Hall–Kier alpha value is -2.30. The number of fused-ring (bicyclic) bond motifs is 1. The lowest BCUT2D eigenvalue weighted by Gasteiger charge is -2.12. The Morgan fingerprint density at radius 3 is 2.90 bits per heavy atom. The van der Waals surface area contributed by atoms with Gasteiger partial charge in [0.2, 0.25) is 5.91 Å². The van der Waals surface area contributed by atoms with E-state index in [0.717, 1.165) is 29.6 Å². The molecule has 0 saturated heterocycles. The van der Waals surface area contributed by atoms with Crippen molar-refractivity contribution in [2.75, 3.05) is 24.1 Å². The summed E-state index contributed by atoms with van der Waals surface area (Å²) in [6, 6.07) is 7.79. The monoisotopic (exact) mass is 272 g/mol. The Bertz CT molecular complexity index is 597. The van der Waals surface area contributed by atoms with E-state index in [0.29, 0.717) is 18.7 Å². The molecule has 0 aliphatic carbocycles. The van der Waals surface area contributed by atoms with Crippen LogP contribution in [0.3, 0.4) is 0 Å². The average molecular weight is 272 g/mol. The van der Waals surface area contributed by atoms with Crippen molar-refractivity contribution >= 4 is 28.2 Å². The number of amides is 1. The number of nitrogens with zero attached hydrogens (tertiary/aromatic N) is 1. The van der Waals surface area contributed by atoms with E-state index in [-0.39, 0.29) is 5.91 Å². The molecule has 2 rings (SSSR count). The first-order valence-corrected chi connectivity index (χ1v) is 6.86. The third-order valence-corrected chi connectivity index (χ3v) is 3.03. The lowest BCUT2D eigenvalue weighted by atomic mass is 10.1. The second-order valence-corrected chi connectivity index (χ2v) is 4.63. The summed E-state index contributed by atoms with van der Waals surface area (Å²) >= 11 is 0. The number of hydrogen-bond acceptors (Lipinski definition) is 4. The van der Waals surface area contributed by atoms with Crippen LogP contribution in [0, 0.1) is 0 Å². The maximum Gasteiger partial charge on any atom is 0.221 e. The van der Waals surface area contributed by atoms with Crippen molar-refractivity contribution in [3.8, 4) is 0 Å². The van der Waals surface area contributed by atoms with Crippen LogP contribution in [0.25, 0.3) is 10.9 Å². The van der Waals surface area contributed by atoms with Crippen LogP contribution in [0.4, 0.5) is 11.4 Å². The number of carbonyl (C=O) groups is 1. The normalized spacial score (nSPS) is 10.4. The van der Waals surface area contributed by atoms with Gasteiger partial charge in [-0.05, 0) is 12.5 Å². The third-order valence-electron chi connectivity index (χ3n) is 3.03. The molecule has 0 fully saturated rings. The van der Waals surface area contributed by atoms with Crippen LogP contribution in [-0.2, 0) is 4.79 Å². The zero-order valence-electron chi connectivity index (χ0n) is 11.6. The topological polar surface area (TPSA) is 80.0 Å². The molecular weight excluding hydrogens is 252 g/mol. The first-order chi connectivity index (χ1) is 9.72. The summed E-state index contributed by atoms with van der Waals surface area (Å²) < 4.78 is 0. The minimum atomic E-state index is 0.0521. The van der Waals surface area contributed by atoms with Crippen LogP contribution in [0.5, 0.6) is 0 Å². The standard InChI is InChI=1S/C15H20N4O/c1-2-8-17-14(20)7-9-18-15-11-5-3-4-6-13(11)19-10-12(15)16/h3-6,10H,2,7-9,16H2,1H3,(H,17,20)(H,18,19). The smallest absolute Gasteiger partial charge is 0.221 e. The second kappa shape index (κ2) is 6.75. The number of para-hydroxylation sites is 1. The summed E-state index contributed by atoms with van der Waals surface area (Å²) in [4.78, 5) is 15.8. The third kappa shape index (κ3) is 3.38. The van der Waals surface area contributed by atoms with Crippen LogP contribution >= 0.6 is 0 Å². The molecule has 2 aromatic rings. The lowest BCUT2D eigenvalue weighted by molar-refractivity contribution is -0.120. The van der Waals surface area contributed by atoms with Gasteiger partial charge in [0.05, 0.1) is 23.1 Å². The fraction of sp³-hybridized carbons (Fsp3) is 0.333. The maximum atomic E-state index is 11.5. The van der Waals surface area contributed by atoms with Crippen LogP contribution < -0.4 is 16.4 Å². The van der Waals surface area contributed by atoms with Crippen LogP contribution in [0.2, 0.25) is 0 Å². The van der Waals surface area contributed by atoms with Gasteiger partial charge in [-0.3, -0.25) is 9.78 Å². The van der Waals surface area contributed by atoms with E-state index in [1.54, 1.807) is 6.20 Å². The number of hydrogen-bond donors (Lipinski definition) is 3. The quantitative estimate of drug-likeness (QED) is 0.752. The molecule has 5 nitrogen and oxygen atoms in total. The Morgan fingerprint density at radius 2 is 2.10 bits per heavy atom. The molecule has 106 valence electrons. The van der Waals surface area contributed by atoms with E-state index in [1.807, 2.05) is 31.2 Å². The van der Waals surface area contributed by atoms with E-state index >= 15 is 0 Å². The van der Waals surface area contributed by atoms with Crippen molar-refractivity contribution in [2.45, 2.75) is 19.8 Å². The fourth-order valence-electron chi connectivity index (χ4n) is 2.01. The maximum absolute atomic E-state index is 11.5. The predicted octanol–water partition coefficient (Wildman–Crippen LogP) is 2.15. The molecule has 20 heavy (non-hydrogen) atoms. The average Bonchev–Trinajstić information content (AvgIpc) is 2.47. The number of aromatic nitrogens is 1. The van der Waals surface area contributed by atoms with Crippen LogP contribution in [0.15, 0.2) is 30.5 Å². The van der Waals surface area contributed by atoms with Crippen molar-refractivity contribution < 1.29 is 4.79 Å². The molecule has 0 unspecified atom stereocenters. The van der Waals surface area contributed by atoms with Gasteiger partial charge in [0.15, 0.2) is 0 Å². The molecule has 0 spiro atoms. The number of benzene rings is 1. The Balaban J connectivity index is 2.02. The van der Waals surface area contributed by atoms with Gasteiger partial charge in [0.25, 0.3) is 0 Å². The van der Waals surface area contributed by atoms with Gasteiger partial charge in [-0.2, -0.15) is 0 Å². The molecule has 0 saturated carbocycles. The van der Waals surface area contributed by atoms with E-state index < -0.39 is 0 Å². The van der Waals surface area contributed by atoms with Crippen molar-refractivity contribution in [1.82, 2.24) is 10.3 Å². The Kier molecular flexibility index (Phi) is 4.76. The second-order valence-electron chi connectivity index (χ2n) is 4.63. The molecule has 5 heteroatoms. The fourth-order valence-corrected chi connectivity index (χ4v) is 2.01. The molecule has 4 N–H and O–H groups in total. The van der Waals surface area contributed by atoms with Crippen molar-refractivity contribution in [2.24, 2.45) is 0 Å². The van der Waals surface area contributed by atoms with E-state index in [9.17, 15) is 4.79 Å². The Labute approximate surface area is 118 Å². The molecular formula is C15H20N4O. The minimum absolute atomic E-state index is 0.0521. The number of carbonyl (C=O) groups excluding carboxylic acids is 1. The van der Waals surface area contributed by atoms with Gasteiger partial charge < -0.3 is 16.4 Å². The highest BCUT2D eigenvalue weighted by atomic mass is 16.1. The van der Waals surface area contributed by atoms with Gasteiger partial charge in [0, 0.05) is 24.9 Å². The number of rotatable bonds is 6. The number of pyridine rings is 1. The van der Waals surface area contributed by atoms with Gasteiger partial charge in [-0.1, -0.05) is 25.1 Å². The summed E-state index contributed by atoms with van der Waals surface area (Å²) in [5.74, 6) is 0.0521. The number of nitrogen functional groups attached to an aromatic ring is 1. The highest BCUT2D eigenvalue weighted by Crippen LogP contribution is 2.27. The SMILES string of the molecule is CCCNC(=O)CCNc1c(N)cnc2ccccc12. The highest BCUT2D eigenvalue weighted by Gasteiger charge is 2.06. The number of nitrogens with two attached hydrogens (primary N) is 1. The largest absolute Gasteiger partial charge is 0.396 e. The first-order valence-electron chi connectivity index (χ1n) is 6.86. The summed E-state index contributed by atoms with van der Waals surface area (Å²) in [6.07, 6.45) is 3.01. The van der Waals surface area contributed by atoms with Crippen LogP contribution in [0.1, 0.15) is 19.8 Å². The number of nitrogens with one attached hydrogen (secondary N) is 2. The van der Waals surface area contributed by atoms with E-state index in [4.69, 9.17) is 5.73 Å². The summed E-state index contributed by atoms with van der Waals surface area (Å²) in [5, 5.41) is 7.06. The summed E-state index contributed by atoms with van der Waals surface area (Å²) in [6.45, 7) is 3.30. The molecule has 0 atom stereocenters. The molecule has 1 heterocycles. The van der Waals surface area contributed by atoms with Gasteiger partial charge in [-0.15, -0.1) is 0 Å². The zero-order chi connectivity index (χ0) is 14.4. The van der Waals surface area contributed by atoms with Crippen molar-refractivity contribution in [3.05, 3.63) is 30.5 Å². The van der Waals surface area contributed by atoms with E-state index in [1.165, 1.54) is 0 Å². The molecule has 0 aliphatic rings. The van der Waals surface area contributed by atoms with E-state index in [2.05, 4.69) is 15.6 Å². The first kappa shape index (κ1) is 14.1. The molecule has 0 radical (unpaired) electrons. The zero-order valence-corrected chi connectivity index (χ0v) is 11.6. The number of anilines is 2.